The van der Waals surface area contributed by atoms with E-state index in [0.29, 0.717) is 10.6 Å². The molecule has 0 spiro atoms. The fourth-order valence-electron chi connectivity index (χ4n) is 2.85. The molecule has 0 aliphatic carbocycles. The number of pyridine rings is 1. The van der Waals surface area contributed by atoms with Crippen molar-refractivity contribution < 1.29 is 26.4 Å². The average Bonchev–Trinajstić information content (AvgIpc) is 2.77. The average molecular weight is 498 g/mol. The summed E-state index contributed by atoms with van der Waals surface area (Å²) in [6.07, 6.45) is -3.24. The van der Waals surface area contributed by atoms with E-state index in [4.69, 9.17) is 11.6 Å². The Morgan fingerprint density at radius 1 is 1.00 bits per heavy atom. The molecule has 0 saturated heterocycles. The predicted molar refractivity (Wildman–Crippen MR) is 119 cm³/mol. The van der Waals surface area contributed by atoms with E-state index in [0.717, 1.165) is 17.8 Å². The molecule has 0 atom stereocenters. The minimum Gasteiger partial charge on any atom is -0.348 e. The molecule has 0 fully saturated rings. The van der Waals surface area contributed by atoms with Crippen LogP contribution in [0.2, 0.25) is 5.02 Å². The van der Waals surface area contributed by atoms with Gasteiger partial charge >= 0.3 is 6.18 Å². The van der Waals surface area contributed by atoms with E-state index in [1.54, 1.807) is 24.3 Å². The number of rotatable bonds is 8. The van der Waals surface area contributed by atoms with Crippen LogP contribution in [0.15, 0.2) is 66.9 Å². The number of nitrogens with zero attached hydrogens (tertiary/aromatic N) is 1. The number of alkyl halides is 3. The van der Waals surface area contributed by atoms with Crippen molar-refractivity contribution in [2.24, 2.45) is 0 Å². The highest BCUT2D eigenvalue weighted by Gasteiger charge is 2.32. The van der Waals surface area contributed by atoms with Gasteiger partial charge in [0.15, 0.2) is 0 Å². The van der Waals surface area contributed by atoms with Crippen molar-refractivity contribution in [2.75, 3.05) is 10.5 Å². The van der Waals surface area contributed by atoms with Crippen LogP contribution in [0.1, 0.15) is 27.2 Å². The summed E-state index contributed by atoms with van der Waals surface area (Å²) in [5.74, 6) is -0.636. The first-order valence-electron chi connectivity index (χ1n) is 9.68. The zero-order valence-electron chi connectivity index (χ0n) is 17.1. The summed E-state index contributed by atoms with van der Waals surface area (Å²) in [5, 5.41) is 3.07. The Morgan fingerprint density at radius 2 is 1.70 bits per heavy atom. The molecule has 11 heteroatoms. The van der Waals surface area contributed by atoms with Crippen molar-refractivity contribution >= 4 is 33.2 Å². The van der Waals surface area contributed by atoms with Crippen LogP contribution in [0, 0.1) is 0 Å². The third-order valence-electron chi connectivity index (χ3n) is 4.59. The van der Waals surface area contributed by atoms with Crippen LogP contribution in [0.5, 0.6) is 0 Å². The zero-order valence-corrected chi connectivity index (χ0v) is 18.6. The maximum Gasteiger partial charge on any atom is 0.433 e. The predicted octanol–water partition coefficient (Wildman–Crippen LogP) is 4.67. The van der Waals surface area contributed by atoms with Crippen LogP contribution < -0.4 is 10.0 Å². The maximum atomic E-state index is 12.5. The van der Waals surface area contributed by atoms with Gasteiger partial charge in [-0.3, -0.25) is 14.5 Å². The third-order valence-corrected chi connectivity index (χ3v) is 6.24. The first-order chi connectivity index (χ1) is 15.5. The summed E-state index contributed by atoms with van der Waals surface area (Å²) >= 11 is 6.05. The number of aryl methyl sites for hydroxylation is 1. The van der Waals surface area contributed by atoms with Gasteiger partial charge in [0.05, 0.1) is 5.75 Å². The minimum absolute atomic E-state index is 0.0135. The maximum absolute atomic E-state index is 12.5. The molecule has 6 nitrogen and oxygen atoms in total. The van der Waals surface area contributed by atoms with Crippen LogP contribution >= 0.6 is 11.6 Å². The second-order valence-corrected chi connectivity index (χ2v) is 9.32. The Morgan fingerprint density at radius 3 is 2.30 bits per heavy atom. The second-order valence-electron chi connectivity index (χ2n) is 7.07. The molecule has 0 aliphatic rings. The normalized spacial score (nSPS) is 11.8. The van der Waals surface area contributed by atoms with Gasteiger partial charge in [-0.05, 0) is 53.9 Å². The first kappa shape index (κ1) is 24.5. The van der Waals surface area contributed by atoms with Gasteiger partial charge in [-0.1, -0.05) is 35.9 Å². The summed E-state index contributed by atoms with van der Waals surface area (Å²) in [6.45, 7) is -0.0135. The lowest BCUT2D eigenvalue weighted by atomic mass is 10.2. The molecule has 1 aromatic heterocycles. The van der Waals surface area contributed by atoms with Gasteiger partial charge in [0.1, 0.15) is 5.69 Å². The molecular formula is C22H19ClF3N3O3S. The SMILES string of the molecule is O=C(NCc1ccc(C(F)(F)F)nc1)c1ccc(NS(=O)(=O)CCc2ccccc2Cl)cc1. The molecule has 1 amide bonds. The smallest absolute Gasteiger partial charge is 0.348 e. The molecule has 33 heavy (non-hydrogen) atoms. The Labute approximate surface area is 193 Å². The van der Waals surface area contributed by atoms with Crippen LogP contribution in [0.25, 0.3) is 0 Å². The van der Waals surface area contributed by atoms with Crippen molar-refractivity contribution in [3.63, 3.8) is 0 Å². The molecular weight excluding hydrogens is 479 g/mol. The quantitative estimate of drug-likeness (QED) is 0.473. The number of carbonyl (C=O) groups excluding carboxylic acids is 1. The van der Waals surface area contributed by atoms with Gasteiger partial charge in [-0.2, -0.15) is 13.2 Å². The lowest BCUT2D eigenvalue weighted by molar-refractivity contribution is -0.141. The van der Waals surface area contributed by atoms with Gasteiger partial charge in [-0.15, -0.1) is 0 Å². The fraction of sp³-hybridized carbons (Fsp3) is 0.182. The van der Waals surface area contributed by atoms with E-state index >= 15 is 0 Å². The molecule has 2 N–H and O–H groups in total. The van der Waals surface area contributed by atoms with Crippen LogP contribution in [-0.4, -0.2) is 25.1 Å². The Balaban J connectivity index is 1.53. The van der Waals surface area contributed by atoms with Crippen LogP contribution in [0.4, 0.5) is 18.9 Å². The van der Waals surface area contributed by atoms with Crippen molar-refractivity contribution in [3.05, 3.63) is 94.3 Å². The molecule has 2 aromatic carbocycles. The number of sulfonamides is 1. The molecule has 3 rings (SSSR count). The van der Waals surface area contributed by atoms with E-state index in [2.05, 4.69) is 15.0 Å². The third kappa shape index (κ3) is 7.19. The number of aromatic nitrogens is 1. The van der Waals surface area contributed by atoms with Gasteiger partial charge in [0.25, 0.3) is 5.91 Å². The number of benzene rings is 2. The monoisotopic (exact) mass is 497 g/mol. The van der Waals surface area contributed by atoms with Gasteiger partial charge in [0, 0.05) is 29.0 Å². The zero-order chi connectivity index (χ0) is 24.1. The van der Waals surface area contributed by atoms with Gasteiger partial charge in [0.2, 0.25) is 10.0 Å². The molecule has 3 aromatic rings. The molecule has 0 aliphatic heterocycles. The topological polar surface area (TPSA) is 88.2 Å². The molecule has 0 saturated carbocycles. The number of hydrogen-bond donors (Lipinski definition) is 2. The summed E-state index contributed by atoms with van der Waals surface area (Å²) < 4.78 is 64.8. The highest BCUT2D eigenvalue weighted by molar-refractivity contribution is 7.92. The summed E-state index contributed by atoms with van der Waals surface area (Å²) in [6, 6.07) is 14.8. The number of amides is 1. The van der Waals surface area contributed by atoms with Crippen molar-refractivity contribution in [3.8, 4) is 0 Å². The molecule has 0 unspecified atom stereocenters. The molecule has 0 radical (unpaired) electrons. The summed E-state index contributed by atoms with van der Waals surface area (Å²) in [4.78, 5) is 15.6. The highest BCUT2D eigenvalue weighted by Crippen LogP contribution is 2.27. The molecule has 0 bridgehead atoms. The number of halogens is 4. The van der Waals surface area contributed by atoms with Crippen LogP contribution in [0.3, 0.4) is 0 Å². The van der Waals surface area contributed by atoms with Crippen molar-refractivity contribution in [1.82, 2.24) is 10.3 Å². The lowest BCUT2D eigenvalue weighted by Gasteiger charge is -2.10. The number of anilines is 1. The Hall–Kier alpha value is -3.11. The molecule has 174 valence electrons. The Bertz CT molecular complexity index is 1220. The number of nitrogens with one attached hydrogen (secondary N) is 2. The van der Waals surface area contributed by atoms with Gasteiger partial charge in [-0.25, -0.2) is 8.42 Å². The number of hydrogen-bond acceptors (Lipinski definition) is 4. The second kappa shape index (κ2) is 10.2. The van der Waals surface area contributed by atoms with Crippen molar-refractivity contribution in [1.29, 1.82) is 0 Å². The minimum atomic E-state index is -4.53. The first-order valence-corrected chi connectivity index (χ1v) is 11.7. The van der Waals surface area contributed by atoms with E-state index in [-0.39, 0.29) is 30.0 Å². The summed E-state index contributed by atoms with van der Waals surface area (Å²) in [7, 11) is -3.64. The highest BCUT2D eigenvalue weighted by atomic mass is 35.5. The van der Waals surface area contributed by atoms with E-state index in [1.807, 2.05) is 0 Å². The largest absolute Gasteiger partial charge is 0.433 e. The fourth-order valence-corrected chi connectivity index (χ4v) is 4.16. The van der Waals surface area contributed by atoms with Gasteiger partial charge < -0.3 is 5.32 Å². The molecule has 1 heterocycles. The summed E-state index contributed by atoms with van der Waals surface area (Å²) in [5.41, 5.74) is 0.660. The van der Waals surface area contributed by atoms with E-state index in [9.17, 15) is 26.4 Å². The van der Waals surface area contributed by atoms with Crippen LogP contribution in [-0.2, 0) is 29.2 Å². The van der Waals surface area contributed by atoms with Crippen molar-refractivity contribution in [2.45, 2.75) is 19.1 Å². The van der Waals surface area contributed by atoms with E-state index in [1.165, 1.54) is 30.3 Å². The number of carbonyl (C=O) groups is 1. The van der Waals surface area contributed by atoms with E-state index < -0.39 is 27.8 Å². The standard InChI is InChI=1S/C22H19ClF3N3O3S/c23-19-4-2-1-3-16(19)11-12-33(31,32)29-18-8-6-17(7-9-18)21(30)28-14-15-5-10-20(27-13-15)22(24,25)26/h1-10,13,29H,11-12,14H2,(H,28,30). The lowest BCUT2D eigenvalue weighted by Crippen LogP contribution is -2.23. The Kier molecular flexibility index (Phi) is 7.60.